The first-order valence-electron chi connectivity index (χ1n) is 5.51. The molecule has 0 saturated carbocycles. The Hall–Kier alpha value is -0.470. The molecule has 16 heavy (non-hydrogen) atoms. The molecule has 0 aliphatic heterocycles. The average Bonchev–Trinajstić information content (AvgIpc) is 2.28. The van der Waals surface area contributed by atoms with Crippen molar-refractivity contribution in [2.75, 3.05) is 6.61 Å². The summed E-state index contributed by atoms with van der Waals surface area (Å²) in [5, 5.41) is 0.587. The van der Waals surface area contributed by atoms with Gasteiger partial charge in [0.1, 0.15) is 0 Å². The molecule has 90 valence electrons. The van der Waals surface area contributed by atoms with Crippen LogP contribution in [0.1, 0.15) is 32.4 Å². The monoisotopic (exact) mass is 261 g/mol. The van der Waals surface area contributed by atoms with Gasteiger partial charge < -0.3 is 4.74 Å². The van der Waals surface area contributed by atoms with Gasteiger partial charge in [-0.2, -0.15) is 0 Å². The van der Waals surface area contributed by atoms with Crippen LogP contribution in [0.25, 0.3) is 0 Å². The van der Waals surface area contributed by atoms with Crippen molar-refractivity contribution >= 4 is 23.2 Å². The molecule has 1 aromatic heterocycles. The van der Waals surface area contributed by atoms with Gasteiger partial charge in [0, 0.05) is 6.07 Å². The maximum absolute atomic E-state index is 5.91. The number of aromatic nitrogens is 1. The highest BCUT2D eigenvalue weighted by Crippen LogP contribution is 2.20. The summed E-state index contributed by atoms with van der Waals surface area (Å²) in [5.74, 6) is 1.45. The lowest BCUT2D eigenvalue weighted by atomic mass is 10.1. The van der Waals surface area contributed by atoms with E-state index < -0.39 is 0 Å². The lowest BCUT2D eigenvalue weighted by molar-refractivity contribution is 0.242. The number of ether oxygens (including phenoxy) is 1. The van der Waals surface area contributed by atoms with E-state index in [0.29, 0.717) is 35.0 Å². The maximum Gasteiger partial charge on any atom is 0.213 e. The number of alkyl halides is 1. The van der Waals surface area contributed by atoms with Gasteiger partial charge in [0.2, 0.25) is 5.88 Å². The van der Waals surface area contributed by atoms with Crippen LogP contribution in [0.4, 0.5) is 0 Å². The molecule has 0 N–H and O–H groups in total. The molecule has 0 aliphatic carbocycles. The van der Waals surface area contributed by atoms with E-state index in [1.165, 1.54) is 6.42 Å². The van der Waals surface area contributed by atoms with Gasteiger partial charge in [-0.25, -0.2) is 4.98 Å². The summed E-state index contributed by atoms with van der Waals surface area (Å²) >= 11 is 11.6. The van der Waals surface area contributed by atoms with E-state index in [4.69, 9.17) is 27.9 Å². The van der Waals surface area contributed by atoms with Crippen molar-refractivity contribution in [3.8, 4) is 5.88 Å². The third-order valence-corrected chi connectivity index (χ3v) is 2.91. The van der Waals surface area contributed by atoms with Gasteiger partial charge in [0.25, 0.3) is 0 Å². The Morgan fingerprint density at radius 1 is 1.44 bits per heavy atom. The van der Waals surface area contributed by atoms with E-state index in [0.717, 1.165) is 6.42 Å². The largest absolute Gasteiger partial charge is 0.477 e. The summed E-state index contributed by atoms with van der Waals surface area (Å²) in [6.45, 7) is 5.02. The molecular weight excluding hydrogens is 245 g/mol. The summed E-state index contributed by atoms with van der Waals surface area (Å²) in [6, 6.07) is 3.54. The fraction of sp³-hybridized carbons (Fsp3) is 0.583. The molecule has 0 saturated heterocycles. The maximum atomic E-state index is 5.91. The predicted octanol–water partition coefficient (Wildman–Crippen LogP) is 4.29. The van der Waals surface area contributed by atoms with E-state index in [2.05, 4.69) is 18.8 Å². The van der Waals surface area contributed by atoms with E-state index in [-0.39, 0.29) is 0 Å². The van der Waals surface area contributed by atoms with Crippen molar-refractivity contribution in [2.45, 2.75) is 32.6 Å². The second-order valence-corrected chi connectivity index (χ2v) is 4.59. The van der Waals surface area contributed by atoms with E-state index >= 15 is 0 Å². The minimum Gasteiger partial charge on any atom is -0.477 e. The lowest BCUT2D eigenvalue weighted by Gasteiger charge is -2.12. The topological polar surface area (TPSA) is 22.1 Å². The minimum absolute atomic E-state index is 0.306. The summed E-state index contributed by atoms with van der Waals surface area (Å²) in [4.78, 5) is 4.24. The fourth-order valence-corrected chi connectivity index (χ4v) is 1.89. The predicted molar refractivity (Wildman–Crippen MR) is 68.4 cm³/mol. The molecule has 1 rings (SSSR count). The Bertz CT molecular complexity index is 331. The van der Waals surface area contributed by atoms with Crippen LogP contribution in [0.2, 0.25) is 5.02 Å². The zero-order chi connectivity index (χ0) is 12.0. The molecule has 1 heterocycles. The van der Waals surface area contributed by atoms with Gasteiger partial charge >= 0.3 is 0 Å². The summed E-state index contributed by atoms with van der Waals surface area (Å²) in [6.07, 6.45) is 2.33. The number of rotatable bonds is 6. The second kappa shape index (κ2) is 6.97. The molecule has 0 aliphatic rings. The van der Waals surface area contributed by atoms with Crippen molar-refractivity contribution in [3.63, 3.8) is 0 Å². The Balaban J connectivity index is 2.54. The van der Waals surface area contributed by atoms with E-state index in [9.17, 15) is 0 Å². The molecule has 2 nitrogen and oxygen atoms in total. The van der Waals surface area contributed by atoms with Gasteiger partial charge in [0.15, 0.2) is 0 Å². The molecule has 1 atom stereocenters. The number of hydrogen-bond donors (Lipinski definition) is 0. The zero-order valence-corrected chi connectivity index (χ0v) is 11.2. The average molecular weight is 262 g/mol. The van der Waals surface area contributed by atoms with Gasteiger partial charge in [-0.15, -0.1) is 11.6 Å². The van der Waals surface area contributed by atoms with Crippen molar-refractivity contribution in [1.82, 2.24) is 4.98 Å². The molecule has 4 heteroatoms. The van der Waals surface area contributed by atoms with Gasteiger partial charge in [-0.3, -0.25) is 0 Å². The van der Waals surface area contributed by atoms with Crippen LogP contribution in [0.15, 0.2) is 12.1 Å². The standard InChI is InChI=1S/C12H17Cl2NO/c1-3-4-9(2)8-16-12-6-5-10(14)11(7-13)15-12/h5-6,9H,3-4,7-8H2,1-2H3. The second-order valence-electron chi connectivity index (χ2n) is 3.92. The van der Waals surface area contributed by atoms with Crippen LogP contribution in [-0.4, -0.2) is 11.6 Å². The first-order valence-corrected chi connectivity index (χ1v) is 6.42. The summed E-state index contributed by atoms with van der Waals surface area (Å²) < 4.78 is 5.59. The van der Waals surface area contributed by atoms with Crippen LogP contribution >= 0.6 is 23.2 Å². The third kappa shape index (κ3) is 4.18. The Kier molecular flexibility index (Phi) is 5.93. The molecule has 0 radical (unpaired) electrons. The third-order valence-electron chi connectivity index (χ3n) is 2.32. The molecule has 0 spiro atoms. The van der Waals surface area contributed by atoms with Crippen LogP contribution in [0, 0.1) is 5.92 Å². The van der Waals surface area contributed by atoms with Crippen molar-refractivity contribution in [1.29, 1.82) is 0 Å². The highest BCUT2D eigenvalue weighted by molar-refractivity contribution is 6.32. The number of halogens is 2. The number of hydrogen-bond acceptors (Lipinski definition) is 2. The molecule has 1 unspecified atom stereocenters. The van der Waals surface area contributed by atoms with Crippen LogP contribution in [0.3, 0.4) is 0 Å². The lowest BCUT2D eigenvalue weighted by Crippen LogP contribution is -2.09. The quantitative estimate of drug-likeness (QED) is 0.713. The molecule has 0 aromatic carbocycles. The van der Waals surface area contributed by atoms with Crippen LogP contribution < -0.4 is 4.74 Å². The molecule has 1 aromatic rings. The smallest absolute Gasteiger partial charge is 0.213 e. The molecule has 0 fully saturated rings. The normalized spacial score (nSPS) is 12.5. The van der Waals surface area contributed by atoms with E-state index in [1.54, 1.807) is 12.1 Å². The SMILES string of the molecule is CCCC(C)COc1ccc(Cl)c(CCl)n1. The first-order chi connectivity index (χ1) is 7.67. The Morgan fingerprint density at radius 3 is 2.81 bits per heavy atom. The van der Waals surface area contributed by atoms with Gasteiger partial charge in [-0.1, -0.05) is 31.9 Å². The number of nitrogens with zero attached hydrogens (tertiary/aromatic N) is 1. The van der Waals surface area contributed by atoms with Crippen LogP contribution in [-0.2, 0) is 5.88 Å². The van der Waals surface area contributed by atoms with E-state index in [1.807, 2.05) is 0 Å². The zero-order valence-electron chi connectivity index (χ0n) is 9.67. The van der Waals surface area contributed by atoms with Crippen molar-refractivity contribution < 1.29 is 4.74 Å². The van der Waals surface area contributed by atoms with Crippen LogP contribution in [0.5, 0.6) is 5.88 Å². The Labute approximate surface area is 107 Å². The summed E-state index contributed by atoms with van der Waals surface area (Å²) in [5.41, 5.74) is 0.670. The number of pyridine rings is 1. The Morgan fingerprint density at radius 2 is 2.19 bits per heavy atom. The highest BCUT2D eigenvalue weighted by Gasteiger charge is 2.06. The van der Waals surface area contributed by atoms with Gasteiger partial charge in [0.05, 0.1) is 23.2 Å². The van der Waals surface area contributed by atoms with Crippen molar-refractivity contribution in [2.24, 2.45) is 5.92 Å². The molecular formula is C12H17Cl2NO. The van der Waals surface area contributed by atoms with Crippen molar-refractivity contribution in [3.05, 3.63) is 22.8 Å². The first kappa shape index (κ1) is 13.6. The molecule has 0 amide bonds. The fourth-order valence-electron chi connectivity index (χ4n) is 1.44. The minimum atomic E-state index is 0.306. The molecule has 0 bridgehead atoms. The highest BCUT2D eigenvalue weighted by atomic mass is 35.5. The summed E-state index contributed by atoms with van der Waals surface area (Å²) in [7, 11) is 0. The van der Waals surface area contributed by atoms with Gasteiger partial charge in [-0.05, 0) is 18.4 Å².